The fourth-order valence-electron chi connectivity index (χ4n) is 4.36. The minimum Gasteiger partial charge on any atom is -0.488 e. The SMILES string of the molecule is CN1Sc2cc(OC[C@@](C)(F)C(=O)O)c(SC3CC(F)(F)C3)cc2N(c2ccccc2)CC1CCC(C)(F)F. The quantitative estimate of drug-likeness (QED) is 0.225. The van der Waals surface area contributed by atoms with Crippen LogP contribution in [0.5, 0.6) is 5.75 Å². The molecule has 2 atom stereocenters. The van der Waals surface area contributed by atoms with E-state index in [0.29, 0.717) is 16.3 Å². The van der Waals surface area contributed by atoms with Crippen molar-refractivity contribution < 1.29 is 36.6 Å². The van der Waals surface area contributed by atoms with Gasteiger partial charge >= 0.3 is 5.97 Å². The molecule has 0 spiro atoms. The van der Waals surface area contributed by atoms with Crippen LogP contribution in [-0.4, -0.2) is 64.4 Å². The Morgan fingerprint density at radius 2 is 1.85 bits per heavy atom. The van der Waals surface area contributed by atoms with Crippen molar-refractivity contribution in [1.29, 1.82) is 0 Å². The van der Waals surface area contributed by atoms with Crippen LogP contribution in [0.15, 0.2) is 52.3 Å². The molecule has 1 aliphatic carbocycles. The van der Waals surface area contributed by atoms with Crippen molar-refractivity contribution in [3.63, 3.8) is 0 Å². The second-order valence-corrected chi connectivity index (χ2v) is 12.9. The largest absolute Gasteiger partial charge is 0.488 e. The number of carbonyl (C=O) groups is 1. The third-order valence-corrected chi connectivity index (χ3v) is 9.09. The molecule has 0 saturated heterocycles. The number of ether oxygens (including phenoxy) is 1. The summed E-state index contributed by atoms with van der Waals surface area (Å²) in [7, 11) is 1.81. The maximum absolute atomic E-state index is 14.5. The topological polar surface area (TPSA) is 53.0 Å². The highest BCUT2D eigenvalue weighted by atomic mass is 32.2. The molecule has 1 aliphatic heterocycles. The second kappa shape index (κ2) is 11.4. The summed E-state index contributed by atoms with van der Waals surface area (Å²) in [6.07, 6.45) is -0.683. The van der Waals surface area contributed by atoms with Crippen LogP contribution in [0.25, 0.3) is 0 Å². The second-order valence-electron chi connectivity index (χ2n) is 10.4. The number of likely N-dealkylation sites (N-methyl/N-ethyl adjacent to an activating group) is 1. The number of alkyl halides is 5. The third-order valence-electron chi connectivity index (χ3n) is 6.74. The number of benzene rings is 2. The zero-order valence-electron chi connectivity index (χ0n) is 21.8. The molecular formula is C27H31F5N2O3S2. The van der Waals surface area contributed by atoms with E-state index in [1.807, 2.05) is 46.6 Å². The molecule has 0 amide bonds. The van der Waals surface area contributed by atoms with Gasteiger partial charge < -0.3 is 14.7 Å². The minimum atomic E-state index is -2.82. The van der Waals surface area contributed by atoms with Gasteiger partial charge in [0.2, 0.25) is 17.5 Å². The van der Waals surface area contributed by atoms with E-state index in [2.05, 4.69) is 0 Å². The average molecular weight is 591 g/mol. The zero-order chi connectivity index (χ0) is 28.6. The molecular weight excluding hydrogens is 559 g/mol. The van der Waals surface area contributed by atoms with Crippen molar-refractivity contribution >= 4 is 41.1 Å². The minimum absolute atomic E-state index is 0.187. The third kappa shape index (κ3) is 7.52. The Hall–Kier alpha value is -2.18. The monoisotopic (exact) mass is 590 g/mol. The number of nitrogens with zero attached hydrogens (tertiary/aromatic N) is 2. The van der Waals surface area contributed by atoms with E-state index in [1.165, 1.54) is 23.7 Å². The van der Waals surface area contributed by atoms with Crippen molar-refractivity contribution in [2.75, 3.05) is 25.1 Å². The summed E-state index contributed by atoms with van der Waals surface area (Å²) in [6, 6.07) is 12.6. The predicted octanol–water partition coefficient (Wildman–Crippen LogP) is 7.66. The van der Waals surface area contributed by atoms with Gasteiger partial charge in [0.15, 0.2) is 0 Å². The molecule has 214 valence electrons. The summed E-state index contributed by atoms with van der Waals surface area (Å²) in [5, 5.41) is 8.80. The highest BCUT2D eigenvalue weighted by molar-refractivity contribution is 8.00. The molecule has 2 aromatic rings. The molecule has 0 aromatic heterocycles. The Bertz CT molecular complexity index is 1170. The van der Waals surface area contributed by atoms with Gasteiger partial charge in [-0.1, -0.05) is 18.2 Å². The lowest BCUT2D eigenvalue weighted by molar-refractivity contribution is -0.151. The Balaban J connectivity index is 1.74. The number of hydrogen-bond acceptors (Lipinski definition) is 6. The molecule has 1 heterocycles. The number of carboxylic acid groups (broad SMARTS) is 1. The van der Waals surface area contributed by atoms with E-state index in [1.54, 1.807) is 12.1 Å². The van der Waals surface area contributed by atoms with Gasteiger partial charge in [0.1, 0.15) is 12.4 Å². The summed E-state index contributed by atoms with van der Waals surface area (Å²) in [4.78, 5) is 14.5. The number of thioether (sulfide) groups is 1. The van der Waals surface area contributed by atoms with Crippen LogP contribution in [0.1, 0.15) is 39.5 Å². The summed E-state index contributed by atoms with van der Waals surface area (Å²) in [5.41, 5.74) is -1.11. The number of rotatable bonds is 10. The van der Waals surface area contributed by atoms with Crippen LogP contribution in [0, 0.1) is 0 Å². The standard InChI is InChI=1S/C27H31F5N2O3S2/c1-25(28,24(35)36)16-37-21-12-22-20(11-23(21)38-19-13-27(31,32)14-19)34(17-7-5-4-6-8-17)15-18(33(3)39-22)9-10-26(2,29)30/h4-8,11-12,18-19H,9-10,13-16H2,1-3H3,(H,35,36)/t18?,25-/m1/s1. The molecule has 1 fully saturated rings. The van der Waals surface area contributed by atoms with Gasteiger partial charge in [-0.2, -0.15) is 0 Å². The van der Waals surface area contributed by atoms with Crippen molar-refractivity contribution in [1.82, 2.24) is 4.31 Å². The van der Waals surface area contributed by atoms with Crippen molar-refractivity contribution in [3.8, 4) is 5.75 Å². The van der Waals surface area contributed by atoms with Gasteiger partial charge in [0, 0.05) is 42.8 Å². The fourth-order valence-corrected chi connectivity index (χ4v) is 6.84. The van der Waals surface area contributed by atoms with Crippen LogP contribution < -0.4 is 9.64 Å². The molecule has 39 heavy (non-hydrogen) atoms. The smallest absolute Gasteiger partial charge is 0.344 e. The summed E-state index contributed by atoms with van der Waals surface area (Å²) in [5.74, 6) is -7.05. The number of fused-ring (bicyclic) bond motifs is 1. The molecule has 1 unspecified atom stereocenters. The van der Waals surface area contributed by atoms with Crippen LogP contribution in [0.4, 0.5) is 33.3 Å². The lowest BCUT2D eigenvalue weighted by Crippen LogP contribution is -2.38. The number of para-hydroxylation sites is 1. The lowest BCUT2D eigenvalue weighted by Gasteiger charge is -2.35. The molecule has 5 nitrogen and oxygen atoms in total. The first-order chi connectivity index (χ1) is 18.1. The van der Waals surface area contributed by atoms with E-state index >= 15 is 0 Å². The summed E-state index contributed by atoms with van der Waals surface area (Å²) in [6.45, 7) is 1.41. The molecule has 4 rings (SSSR count). The maximum atomic E-state index is 14.5. The van der Waals surface area contributed by atoms with Crippen molar-refractivity contribution in [2.24, 2.45) is 0 Å². The Labute approximate surface area is 233 Å². The molecule has 0 bridgehead atoms. The van der Waals surface area contributed by atoms with Crippen LogP contribution in [0.3, 0.4) is 0 Å². The molecule has 12 heteroatoms. The highest BCUT2D eigenvalue weighted by Gasteiger charge is 2.46. The van der Waals surface area contributed by atoms with E-state index in [0.717, 1.165) is 25.2 Å². The molecule has 1 N–H and O–H groups in total. The number of carboxylic acids is 1. The number of aliphatic carboxylic acids is 1. The first-order valence-corrected chi connectivity index (χ1v) is 14.2. The number of halogens is 5. The van der Waals surface area contributed by atoms with E-state index in [-0.39, 0.29) is 42.7 Å². The predicted molar refractivity (Wildman–Crippen MR) is 144 cm³/mol. The summed E-state index contributed by atoms with van der Waals surface area (Å²) < 4.78 is 76.9. The van der Waals surface area contributed by atoms with Crippen LogP contribution in [0.2, 0.25) is 0 Å². The van der Waals surface area contributed by atoms with Crippen molar-refractivity contribution in [2.45, 2.75) is 78.1 Å². The molecule has 2 aromatic carbocycles. The van der Waals surface area contributed by atoms with Gasteiger partial charge in [-0.3, -0.25) is 0 Å². The van der Waals surface area contributed by atoms with E-state index in [9.17, 15) is 31.9 Å². The van der Waals surface area contributed by atoms with Crippen LogP contribution >= 0.6 is 23.7 Å². The van der Waals surface area contributed by atoms with Crippen molar-refractivity contribution in [3.05, 3.63) is 42.5 Å². The first-order valence-electron chi connectivity index (χ1n) is 12.5. The zero-order valence-corrected chi connectivity index (χ0v) is 23.4. The molecule has 2 aliphatic rings. The summed E-state index contributed by atoms with van der Waals surface area (Å²) >= 11 is 2.50. The maximum Gasteiger partial charge on any atom is 0.344 e. The Kier molecular flexibility index (Phi) is 8.68. The fraction of sp³-hybridized carbons (Fsp3) is 0.519. The Morgan fingerprint density at radius 1 is 1.18 bits per heavy atom. The highest BCUT2D eigenvalue weighted by Crippen LogP contribution is 2.52. The van der Waals surface area contributed by atoms with E-state index < -0.39 is 30.1 Å². The molecule has 1 saturated carbocycles. The van der Waals surface area contributed by atoms with Crippen LogP contribution in [-0.2, 0) is 4.79 Å². The van der Waals surface area contributed by atoms with Gasteiger partial charge in [-0.05, 0) is 63.5 Å². The van der Waals surface area contributed by atoms with Gasteiger partial charge in [0.25, 0.3) is 0 Å². The average Bonchev–Trinajstić information content (AvgIpc) is 2.95. The van der Waals surface area contributed by atoms with E-state index in [4.69, 9.17) is 4.74 Å². The number of hydrogen-bond donors (Lipinski definition) is 1. The normalized spacial score (nSPS) is 21.4. The Morgan fingerprint density at radius 3 is 2.44 bits per heavy atom. The van der Waals surface area contributed by atoms with Gasteiger partial charge in [-0.25, -0.2) is 31.1 Å². The van der Waals surface area contributed by atoms with Gasteiger partial charge in [0.05, 0.1) is 15.5 Å². The lowest BCUT2D eigenvalue weighted by atomic mass is 9.94. The van der Waals surface area contributed by atoms with Gasteiger partial charge in [-0.15, -0.1) is 11.8 Å². The molecule has 0 radical (unpaired) electrons. The first kappa shape index (κ1) is 29.8. The number of anilines is 2.